The zero-order valence-corrected chi connectivity index (χ0v) is 27.3. The van der Waals surface area contributed by atoms with Crippen molar-refractivity contribution in [1.29, 1.82) is 0 Å². The highest BCUT2D eigenvalue weighted by atomic mass is 31.2. The van der Waals surface area contributed by atoms with Gasteiger partial charge in [0.1, 0.15) is 11.5 Å². The van der Waals surface area contributed by atoms with Crippen LogP contribution in [0.4, 0.5) is 0 Å². The van der Waals surface area contributed by atoms with Gasteiger partial charge < -0.3 is 13.8 Å². The molecule has 0 spiro atoms. The third kappa shape index (κ3) is 8.47. The summed E-state index contributed by atoms with van der Waals surface area (Å²) >= 11 is 0. The lowest BCUT2D eigenvalue weighted by Gasteiger charge is -2.43. The summed E-state index contributed by atoms with van der Waals surface area (Å²) in [5, 5.41) is 3.67. The Labute approximate surface area is 249 Å². The number of benzene rings is 2. The van der Waals surface area contributed by atoms with Crippen molar-refractivity contribution in [3.8, 4) is 5.75 Å². The molecule has 228 valence electrons. The van der Waals surface area contributed by atoms with Gasteiger partial charge in [-0.3, -0.25) is 9.88 Å². The molecule has 2 saturated carbocycles. The Kier molecular flexibility index (Phi) is 11.6. The van der Waals surface area contributed by atoms with Crippen molar-refractivity contribution >= 4 is 7.60 Å². The van der Waals surface area contributed by atoms with Gasteiger partial charge >= 0.3 is 7.60 Å². The molecule has 7 atom stereocenters. The van der Waals surface area contributed by atoms with Gasteiger partial charge in [-0.2, -0.15) is 0 Å². The molecular weight excluding hydrogens is 529 g/mol. The van der Waals surface area contributed by atoms with Crippen LogP contribution in [0, 0.1) is 35.5 Å². The Morgan fingerprint density at radius 1 is 0.780 bits per heavy atom. The third-order valence-corrected chi connectivity index (χ3v) is 11.8. The SMILES string of the molecule is COc1ccc(C(NCc2ccccc2)P(=O)(OC2CC(C)CCC2C(C)C)OC2CC(C)CCC2C(C)C)cc1. The lowest BCUT2D eigenvalue weighted by atomic mass is 9.75. The van der Waals surface area contributed by atoms with Crippen molar-refractivity contribution < 1.29 is 18.3 Å². The molecule has 7 unspecified atom stereocenters. The average Bonchev–Trinajstić information content (AvgIpc) is 2.93. The first-order valence-corrected chi connectivity index (χ1v) is 17.6. The number of methoxy groups -OCH3 is 1. The molecule has 2 aliphatic rings. The molecule has 41 heavy (non-hydrogen) atoms. The number of ether oxygens (including phenoxy) is 1. The fraction of sp³-hybridized carbons (Fsp3) is 0.657. The Morgan fingerprint density at radius 3 is 1.76 bits per heavy atom. The van der Waals surface area contributed by atoms with Gasteiger partial charge in [-0.1, -0.05) is 96.8 Å². The van der Waals surface area contributed by atoms with Crippen LogP contribution in [-0.4, -0.2) is 19.3 Å². The second-order valence-electron chi connectivity index (χ2n) is 13.5. The largest absolute Gasteiger partial charge is 0.497 e. The van der Waals surface area contributed by atoms with Crippen molar-refractivity contribution in [2.75, 3.05) is 7.11 Å². The smallest absolute Gasteiger partial charge is 0.352 e. The summed E-state index contributed by atoms with van der Waals surface area (Å²) < 4.78 is 35.1. The molecule has 2 aromatic rings. The zero-order valence-electron chi connectivity index (χ0n) is 26.4. The average molecular weight is 584 g/mol. The first-order chi connectivity index (χ1) is 19.6. The molecule has 2 fully saturated rings. The van der Waals surface area contributed by atoms with Crippen LogP contribution in [0.3, 0.4) is 0 Å². The van der Waals surface area contributed by atoms with E-state index in [4.69, 9.17) is 13.8 Å². The molecule has 2 aliphatic carbocycles. The van der Waals surface area contributed by atoms with Crippen molar-refractivity contribution in [2.45, 2.75) is 105 Å². The van der Waals surface area contributed by atoms with Crippen LogP contribution < -0.4 is 10.1 Å². The summed E-state index contributed by atoms with van der Waals surface area (Å²) in [4.78, 5) is 0. The highest BCUT2D eigenvalue weighted by Gasteiger charge is 2.46. The van der Waals surface area contributed by atoms with Crippen LogP contribution >= 0.6 is 7.60 Å². The Hall–Kier alpha value is -1.65. The number of rotatable bonds is 12. The second kappa shape index (κ2) is 14.7. The fourth-order valence-electron chi connectivity index (χ4n) is 7.00. The Balaban J connectivity index is 1.76. The van der Waals surface area contributed by atoms with Crippen LogP contribution in [0.2, 0.25) is 0 Å². The van der Waals surface area contributed by atoms with E-state index in [9.17, 15) is 0 Å². The monoisotopic (exact) mass is 583 g/mol. The minimum Gasteiger partial charge on any atom is -0.497 e. The summed E-state index contributed by atoms with van der Waals surface area (Å²) in [6, 6.07) is 18.2. The van der Waals surface area contributed by atoms with Crippen LogP contribution in [0.1, 0.15) is 97.0 Å². The van der Waals surface area contributed by atoms with E-state index in [1.54, 1.807) is 7.11 Å². The van der Waals surface area contributed by atoms with Gasteiger partial charge in [0.25, 0.3) is 0 Å². The molecule has 6 heteroatoms. The summed E-state index contributed by atoms with van der Waals surface area (Å²) in [6.07, 6.45) is 6.23. The molecular formula is C35H54NO4P. The molecule has 0 bridgehead atoms. The van der Waals surface area contributed by atoms with Crippen LogP contribution in [0.15, 0.2) is 54.6 Å². The molecule has 1 N–H and O–H groups in total. The maximum Gasteiger partial charge on any atom is 0.352 e. The fourth-order valence-corrected chi connectivity index (χ4v) is 9.39. The molecule has 0 amide bonds. The quantitative estimate of drug-likeness (QED) is 0.252. The number of hydrogen-bond donors (Lipinski definition) is 1. The third-order valence-electron chi connectivity index (χ3n) is 9.58. The van der Waals surface area contributed by atoms with E-state index < -0.39 is 13.4 Å². The Morgan fingerprint density at radius 2 is 1.29 bits per heavy atom. The highest BCUT2D eigenvalue weighted by Crippen LogP contribution is 2.64. The van der Waals surface area contributed by atoms with Gasteiger partial charge in [-0.05, 0) is 84.5 Å². The van der Waals surface area contributed by atoms with Gasteiger partial charge in [0.15, 0.2) is 0 Å². The number of nitrogens with one attached hydrogen (secondary N) is 1. The van der Waals surface area contributed by atoms with Crippen LogP contribution in [0.5, 0.6) is 5.75 Å². The maximum atomic E-state index is 15.6. The highest BCUT2D eigenvalue weighted by molar-refractivity contribution is 7.54. The van der Waals surface area contributed by atoms with E-state index >= 15 is 4.57 Å². The molecule has 5 nitrogen and oxygen atoms in total. The predicted molar refractivity (Wildman–Crippen MR) is 169 cm³/mol. The van der Waals surface area contributed by atoms with Gasteiger partial charge in [-0.15, -0.1) is 0 Å². The van der Waals surface area contributed by atoms with E-state index in [1.165, 1.54) is 12.8 Å². The van der Waals surface area contributed by atoms with E-state index in [1.807, 2.05) is 42.5 Å². The topological polar surface area (TPSA) is 56.8 Å². The van der Waals surface area contributed by atoms with Gasteiger partial charge in [0.2, 0.25) is 0 Å². The lowest BCUT2D eigenvalue weighted by Crippen LogP contribution is -2.38. The maximum absolute atomic E-state index is 15.6. The summed E-state index contributed by atoms with van der Waals surface area (Å²) in [6.45, 7) is 14.3. The first-order valence-electron chi connectivity index (χ1n) is 16.0. The van der Waals surface area contributed by atoms with E-state index in [0.29, 0.717) is 42.1 Å². The molecule has 0 aliphatic heterocycles. The van der Waals surface area contributed by atoms with Gasteiger partial charge in [-0.25, -0.2) is 0 Å². The van der Waals surface area contributed by atoms with Crippen molar-refractivity contribution in [2.24, 2.45) is 35.5 Å². The minimum atomic E-state index is -3.71. The summed E-state index contributed by atoms with van der Waals surface area (Å²) in [5.41, 5.74) is 2.04. The minimum absolute atomic E-state index is 0.0950. The molecule has 4 rings (SSSR count). The normalized spacial score (nSPS) is 29.3. The summed E-state index contributed by atoms with van der Waals surface area (Å²) in [5.74, 6) is 2.89. The van der Waals surface area contributed by atoms with Crippen LogP contribution in [0.25, 0.3) is 0 Å². The van der Waals surface area contributed by atoms with E-state index in [-0.39, 0.29) is 12.2 Å². The summed E-state index contributed by atoms with van der Waals surface area (Å²) in [7, 11) is -2.04. The Bertz CT molecular complexity index is 1070. The first kappa shape index (κ1) is 32.3. The molecule has 0 saturated heterocycles. The molecule has 0 aromatic heterocycles. The molecule has 0 heterocycles. The zero-order chi connectivity index (χ0) is 29.6. The molecule has 2 aromatic carbocycles. The van der Waals surface area contributed by atoms with E-state index in [2.05, 4.69) is 59.0 Å². The van der Waals surface area contributed by atoms with Gasteiger partial charge in [0, 0.05) is 6.54 Å². The standard InChI is InChI=1S/C35H54NO4P/c1-24(2)31-19-13-26(5)21-33(31)39-41(37,40-34-22-27(6)14-20-32(34)25(3)4)35(29-15-17-30(38-7)18-16-29)36-23-28-11-9-8-10-12-28/h8-12,15-18,24-27,31-36H,13-14,19-23H2,1-7H3. The van der Waals surface area contributed by atoms with Crippen molar-refractivity contribution in [1.82, 2.24) is 5.32 Å². The lowest BCUT2D eigenvalue weighted by molar-refractivity contribution is -0.00694. The predicted octanol–water partition coefficient (Wildman–Crippen LogP) is 9.63. The molecule has 0 radical (unpaired) electrons. The van der Waals surface area contributed by atoms with E-state index in [0.717, 1.165) is 42.6 Å². The van der Waals surface area contributed by atoms with Crippen molar-refractivity contribution in [3.63, 3.8) is 0 Å². The van der Waals surface area contributed by atoms with Crippen molar-refractivity contribution in [3.05, 3.63) is 65.7 Å². The number of hydrogen-bond acceptors (Lipinski definition) is 5. The van der Waals surface area contributed by atoms with Gasteiger partial charge in [0.05, 0.1) is 19.3 Å². The second-order valence-corrected chi connectivity index (χ2v) is 15.5. The van der Waals surface area contributed by atoms with Crippen LogP contribution in [-0.2, 0) is 20.2 Å².